The van der Waals surface area contributed by atoms with E-state index in [2.05, 4.69) is 0 Å². The zero-order valence-electron chi connectivity index (χ0n) is 11.4. The Labute approximate surface area is 120 Å². The number of rotatable bonds is 4. The largest absolute Gasteiger partial charge is 0.357 e. The summed E-state index contributed by atoms with van der Waals surface area (Å²) in [5.41, 5.74) is 1.09. The minimum absolute atomic E-state index is 0.0124. The molecule has 2 aromatic heterocycles. The maximum Gasteiger partial charge on any atom is 0.293 e. The van der Waals surface area contributed by atoms with Crippen molar-refractivity contribution in [3.8, 4) is 0 Å². The van der Waals surface area contributed by atoms with Gasteiger partial charge >= 0.3 is 0 Å². The molecule has 0 amide bonds. The Hall–Kier alpha value is -2.89. The number of fused-ring (bicyclic) bond motifs is 1. The van der Waals surface area contributed by atoms with Crippen molar-refractivity contribution in [3.63, 3.8) is 0 Å². The van der Waals surface area contributed by atoms with Gasteiger partial charge in [-0.2, -0.15) is 0 Å². The monoisotopic (exact) mass is 283 g/mol. The fourth-order valence-electron chi connectivity index (χ4n) is 2.43. The van der Waals surface area contributed by atoms with Gasteiger partial charge in [0.25, 0.3) is 5.69 Å². The van der Waals surface area contributed by atoms with Crippen molar-refractivity contribution in [1.29, 1.82) is 0 Å². The van der Waals surface area contributed by atoms with Gasteiger partial charge in [-0.25, -0.2) is 0 Å². The summed E-state index contributed by atoms with van der Waals surface area (Å²) in [5.74, 6) is -0.0775. The van der Waals surface area contributed by atoms with Gasteiger partial charge in [0, 0.05) is 42.7 Å². The van der Waals surface area contributed by atoms with E-state index in [9.17, 15) is 14.9 Å². The zero-order chi connectivity index (χ0) is 15.0. The molecule has 0 radical (unpaired) electrons. The van der Waals surface area contributed by atoms with Crippen molar-refractivity contribution < 1.29 is 9.72 Å². The number of Topliss-reactive ketones (excluding diaryl/α,β-unsaturated/α-hetero) is 1. The van der Waals surface area contributed by atoms with Crippen LogP contribution in [0.15, 0.2) is 48.9 Å². The van der Waals surface area contributed by atoms with Crippen LogP contribution in [0, 0.1) is 10.1 Å². The normalized spacial score (nSPS) is 10.9. The molecule has 21 heavy (non-hydrogen) atoms. The third-order valence-corrected chi connectivity index (χ3v) is 3.43. The van der Waals surface area contributed by atoms with Crippen molar-refractivity contribution >= 4 is 22.4 Å². The van der Waals surface area contributed by atoms with E-state index in [1.54, 1.807) is 52.0 Å². The lowest BCUT2D eigenvalue weighted by atomic mass is 10.2. The van der Waals surface area contributed by atoms with Gasteiger partial charge in [-0.05, 0) is 12.1 Å². The van der Waals surface area contributed by atoms with Gasteiger partial charge < -0.3 is 9.13 Å². The summed E-state index contributed by atoms with van der Waals surface area (Å²) in [6, 6.07) is 8.41. The van der Waals surface area contributed by atoms with Crippen LogP contribution in [0.2, 0.25) is 0 Å². The molecule has 6 nitrogen and oxygen atoms in total. The van der Waals surface area contributed by atoms with Crippen LogP contribution in [0.25, 0.3) is 10.9 Å². The maximum absolute atomic E-state index is 12.2. The molecule has 0 bridgehead atoms. The Kier molecular flexibility index (Phi) is 3.06. The van der Waals surface area contributed by atoms with Gasteiger partial charge in [-0.3, -0.25) is 14.9 Å². The van der Waals surface area contributed by atoms with E-state index in [-0.39, 0.29) is 18.0 Å². The van der Waals surface area contributed by atoms with Gasteiger partial charge in [-0.1, -0.05) is 12.1 Å². The number of carbonyl (C=O) groups excluding carboxylic acids is 1. The van der Waals surface area contributed by atoms with Crippen LogP contribution in [0.1, 0.15) is 10.4 Å². The highest BCUT2D eigenvalue weighted by Crippen LogP contribution is 2.26. The molecule has 0 saturated carbocycles. The van der Waals surface area contributed by atoms with Gasteiger partial charge in [0.05, 0.1) is 11.5 Å². The van der Waals surface area contributed by atoms with E-state index in [0.29, 0.717) is 11.1 Å². The Morgan fingerprint density at radius 2 is 2.05 bits per heavy atom. The molecule has 2 heterocycles. The highest BCUT2D eigenvalue weighted by atomic mass is 16.6. The molecule has 0 saturated heterocycles. The Morgan fingerprint density at radius 3 is 2.71 bits per heavy atom. The summed E-state index contributed by atoms with van der Waals surface area (Å²) in [6.45, 7) is 0.0817. The van der Waals surface area contributed by atoms with Crippen molar-refractivity contribution in [3.05, 3.63) is 64.6 Å². The summed E-state index contributed by atoms with van der Waals surface area (Å²) in [6.07, 6.45) is 5.24. The SMILES string of the molecule is Cn1ccc(C(=O)Cn2ccc3cccc([N+](=O)[O-])c32)c1. The van der Waals surface area contributed by atoms with Crippen LogP contribution in [-0.4, -0.2) is 19.8 Å². The van der Waals surface area contributed by atoms with Crippen molar-refractivity contribution in [2.75, 3.05) is 0 Å². The summed E-state index contributed by atoms with van der Waals surface area (Å²) in [4.78, 5) is 22.9. The molecule has 0 aliphatic heterocycles. The molecule has 0 spiro atoms. The average Bonchev–Trinajstić information content (AvgIpc) is 3.05. The summed E-state index contributed by atoms with van der Waals surface area (Å²) in [7, 11) is 1.84. The van der Waals surface area contributed by atoms with Crippen LogP contribution in [0.3, 0.4) is 0 Å². The van der Waals surface area contributed by atoms with Gasteiger partial charge in [0.2, 0.25) is 0 Å². The van der Waals surface area contributed by atoms with Gasteiger partial charge in [0.1, 0.15) is 5.52 Å². The molecule has 0 aliphatic rings. The summed E-state index contributed by atoms with van der Waals surface area (Å²) in [5, 5.41) is 11.9. The van der Waals surface area contributed by atoms with Crippen LogP contribution < -0.4 is 0 Å². The molecule has 0 fully saturated rings. The van der Waals surface area contributed by atoms with Crippen LogP contribution in [-0.2, 0) is 13.6 Å². The highest BCUT2D eigenvalue weighted by molar-refractivity contribution is 5.97. The average molecular weight is 283 g/mol. The minimum Gasteiger partial charge on any atom is -0.357 e. The van der Waals surface area contributed by atoms with Crippen LogP contribution >= 0.6 is 0 Å². The number of nitro groups is 1. The Bertz CT molecular complexity index is 845. The number of benzene rings is 1. The topological polar surface area (TPSA) is 70.1 Å². The molecule has 3 rings (SSSR count). The Morgan fingerprint density at radius 1 is 1.24 bits per heavy atom. The number of nitro benzene ring substituents is 1. The fraction of sp³-hybridized carbons (Fsp3) is 0.133. The van der Waals surface area contributed by atoms with E-state index in [0.717, 1.165) is 5.39 Å². The summed E-state index contributed by atoms with van der Waals surface area (Å²) < 4.78 is 3.42. The highest BCUT2D eigenvalue weighted by Gasteiger charge is 2.17. The maximum atomic E-state index is 12.2. The van der Waals surface area contributed by atoms with Crippen molar-refractivity contribution in [2.24, 2.45) is 7.05 Å². The second-order valence-electron chi connectivity index (χ2n) is 4.90. The molecule has 0 aliphatic carbocycles. The van der Waals surface area contributed by atoms with E-state index in [1.165, 1.54) is 6.07 Å². The third kappa shape index (κ3) is 2.31. The van der Waals surface area contributed by atoms with E-state index in [4.69, 9.17) is 0 Å². The number of para-hydroxylation sites is 1. The first kappa shape index (κ1) is 13.1. The fourth-order valence-corrected chi connectivity index (χ4v) is 2.43. The molecule has 6 heteroatoms. The number of hydrogen-bond acceptors (Lipinski definition) is 3. The van der Waals surface area contributed by atoms with Crippen molar-refractivity contribution in [2.45, 2.75) is 6.54 Å². The number of nitrogens with zero attached hydrogens (tertiary/aromatic N) is 3. The standard InChI is InChI=1S/C15H13N3O3/c1-16-7-5-12(9-16)14(19)10-17-8-6-11-3-2-4-13(15(11)17)18(20)21/h2-9H,10H2,1H3. The lowest BCUT2D eigenvalue weighted by Gasteiger charge is -2.04. The third-order valence-electron chi connectivity index (χ3n) is 3.43. The predicted molar refractivity (Wildman–Crippen MR) is 78.3 cm³/mol. The quantitative estimate of drug-likeness (QED) is 0.420. The lowest BCUT2D eigenvalue weighted by Crippen LogP contribution is -2.09. The van der Waals surface area contributed by atoms with Crippen LogP contribution in [0.4, 0.5) is 5.69 Å². The first-order valence-electron chi connectivity index (χ1n) is 6.43. The second-order valence-corrected chi connectivity index (χ2v) is 4.90. The molecule has 0 unspecified atom stereocenters. The van der Waals surface area contributed by atoms with Gasteiger partial charge in [-0.15, -0.1) is 0 Å². The van der Waals surface area contributed by atoms with Crippen LogP contribution in [0.5, 0.6) is 0 Å². The molecular weight excluding hydrogens is 270 g/mol. The van der Waals surface area contributed by atoms with E-state index >= 15 is 0 Å². The lowest BCUT2D eigenvalue weighted by molar-refractivity contribution is -0.383. The Balaban J connectivity index is 2.01. The van der Waals surface area contributed by atoms with E-state index in [1.807, 2.05) is 7.05 Å². The molecule has 106 valence electrons. The molecular formula is C15H13N3O3. The first-order chi connectivity index (χ1) is 10.1. The number of non-ortho nitro benzene ring substituents is 1. The predicted octanol–water partition coefficient (Wildman–Crippen LogP) is 2.77. The zero-order valence-corrected chi connectivity index (χ0v) is 11.4. The number of hydrogen-bond donors (Lipinski definition) is 0. The van der Waals surface area contributed by atoms with E-state index < -0.39 is 4.92 Å². The summed E-state index contributed by atoms with van der Waals surface area (Å²) >= 11 is 0. The number of aromatic nitrogens is 2. The second kappa shape index (κ2) is 4.90. The minimum atomic E-state index is -0.425. The number of aryl methyl sites for hydroxylation is 1. The van der Waals surface area contributed by atoms with Gasteiger partial charge in [0.15, 0.2) is 5.78 Å². The molecule has 1 aromatic carbocycles. The first-order valence-corrected chi connectivity index (χ1v) is 6.43. The molecule has 0 atom stereocenters. The van der Waals surface area contributed by atoms with Crippen molar-refractivity contribution in [1.82, 2.24) is 9.13 Å². The number of ketones is 1. The number of carbonyl (C=O) groups is 1. The molecule has 3 aromatic rings. The smallest absolute Gasteiger partial charge is 0.293 e. The molecule has 0 N–H and O–H groups in total.